The van der Waals surface area contributed by atoms with Gasteiger partial charge in [-0.2, -0.15) is 0 Å². The van der Waals surface area contributed by atoms with E-state index in [2.05, 4.69) is 47.8 Å². The van der Waals surface area contributed by atoms with Gasteiger partial charge in [0.05, 0.1) is 29.2 Å². The number of carbonyl (C=O) groups is 1. The number of likely N-dealkylation sites (N-methyl/N-ethyl adjacent to an activating group) is 1. The number of alkyl halides is 1. The lowest BCUT2D eigenvalue weighted by Crippen LogP contribution is -2.57. The van der Waals surface area contributed by atoms with Crippen LogP contribution in [0.25, 0.3) is 0 Å². The van der Waals surface area contributed by atoms with Crippen LogP contribution >= 0.6 is 11.6 Å². The summed E-state index contributed by atoms with van der Waals surface area (Å²) in [6.07, 6.45) is 8.88. The summed E-state index contributed by atoms with van der Waals surface area (Å²) in [7, 11) is 2.19. The maximum atomic E-state index is 14.1. The summed E-state index contributed by atoms with van der Waals surface area (Å²) >= 11 is 6.53. The predicted molar refractivity (Wildman–Crippen MR) is 155 cm³/mol. The Kier molecular flexibility index (Phi) is 11.7. The Labute approximate surface area is 230 Å². The fraction of sp³-hybridized carbons (Fsp3) is 0.857. The Morgan fingerprint density at radius 2 is 1.97 bits per heavy atom. The van der Waals surface area contributed by atoms with Crippen LogP contribution in [0, 0.1) is 11.3 Å². The molecule has 3 aliphatic heterocycles. The van der Waals surface area contributed by atoms with Crippen molar-refractivity contribution in [1.29, 1.82) is 0 Å². The van der Waals surface area contributed by atoms with Gasteiger partial charge in [0.15, 0.2) is 0 Å². The lowest BCUT2D eigenvalue weighted by atomic mass is 9.66. The molecule has 4 atom stereocenters. The maximum absolute atomic E-state index is 14.1. The van der Waals surface area contributed by atoms with E-state index in [9.17, 15) is 4.79 Å². The van der Waals surface area contributed by atoms with Gasteiger partial charge in [-0.3, -0.25) is 14.7 Å². The third kappa shape index (κ3) is 7.69. The lowest BCUT2D eigenvalue weighted by molar-refractivity contribution is -0.127. The molecule has 0 aromatic rings. The van der Waals surface area contributed by atoms with Crippen molar-refractivity contribution in [3.8, 4) is 0 Å². The van der Waals surface area contributed by atoms with Gasteiger partial charge in [-0.15, -0.1) is 11.6 Å². The second kappa shape index (κ2) is 14.3. The van der Waals surface area contributed by atoms with E-state index in [1.54, 1.807) is 0 Å². The van der Waals surface area contributed by atoms with Crippen molar-refractivity contribution in [2.24, 2.45) is 27.8 Å². The van der Waals surface area contributed by atoms with Crippen molar-refractivity contribution in [2.75, 3.05) is 52.9 Å². The van der Waals surface area contributed by atoms with Crippen molar-refractivity contribution in [1.82, 2.24) is 20.0 Å². The van der Waals surface area contributed by atoms with Gasteiger partial charge in [-0.1, -0.05) is 27.2 Å². The third-order valence-corrected chi connectivity index (χ3v) is 9.10. The number of nitrogens with two attached hydrogens (primary N) is 2. The Balaban J connectivity index is 1.93. The molecule has 5 N–H and O–H groups in total. The highest BCUT2D eigenvalue weighted by Crippen LogP contribution is 2.44. The van der Waals surface area contributed by atoms with Crippen LogP contribution in [0.5, 0.6) is 0 Å². The van der Waals surface area contributed by atoms with Gasteiger partial charge >= 0.3 is 0 Å². The van der Waals surface area contributed by atoms with Crippen molar-refractivity contribution in [3.05, 3.63) is 11.4 Å². The highest BCUT2D eigenvalue weighted by Gasteiger charge is 2.46. The Morgan fingerprint density at radius 3 is 2.65 bits per heavy atom. The molecule has 0 aromatic carbocycles. The number of rotatable bonds is 10. The smallest absolute Gasteiger partial charge is 0.232 e. The van der Waals surface area contributed by atoms with E-state index in [1.807, 2.05) is 6.21 Å². The van der Waals surface area contributed by atoms with Gasteiger partial charge in [0, 0.05) is 51.1 Å². The van der Waals surface area contributed by atoms with E-state index in [0.29, 0.717) is 0 Å². The molecule has 0 aromatic heterocycles. The fourth-order valence-corrected chi connectivity index (χ4v) is 6.83. The zero-order chi connectivity index (χ0) is 27.0. The average Bonchev–Trinajstić information content (AvgIpc) is 3.17. The second-order valence-electron chi connectivity index (χ2n) is 11.5. The van der Waals surface area contributed by atoms with Crippen LogP contribution in [0.3, 0.4) is 0 Å². The first kappa shape index (κ1) is 30.4. The van der Waals surface area contributed by atoms with E-state index < -0.39 is 12.1 Å². The zero-order valence-corrected chi connectivity index (χ0v) is 24.5. The molecular formula is C28H52ClN7O. The highest BCUT2D eigenvalue weighted by molar-refractivity contribution is 6.28. The summed E-state index contributed by atoms with van der Waals surface area (Å²) in [4.78, 5) is 26.4. The normalized spacial score (nSPS) is 29.4. The van der Waals surface area contributed by atoms with E-state index in [1.165, 1.54) is 5.70 Å². The minimum absolute atomic E-state index is 0.100. The number of amides is 1. The summed E-state index contributed by atoms with van der Waals surface area (Å²) in [6.45, 7) is 13.5. The monoisotopic (exact) mass is 537 g/mol. The van der Waals surface area contributed by atoms with Crippen LogP contribution in [-0.2, 0) is 4.79 Å². The van der Waals surface area contributed by atoms with Gasteiger partial charge in [0.2, 0.25) is 5.91 Å². The molecule has 0 bridgehead atoms. The first-order valence-electron chi connectivity index (χ1n) is 14.6. The molecule has 3 rings (SSSR count). The van der Waals surface area contributed by atoms with Crippen molar-refractivity contribution < 1.29 is 4.79 Å². The maximum Gasteiger partial charge on any atom is 0.232 e. The number of hydrogen-bond donors (Lipinski definition) is 3. The van der Waals surface area contributed by atoms with Crippen molar-refractivity contribution in [3.63, 3.8) is 0 Å². The molecular weight excluding hydrogens is 486 g/mol. The second-order valence-corrected chi connectivity index (χ2v) is 12.0. The van der Waals surface area contributed by atoms with E-state index >= 15 is 0 Å². The van der Waals surface area contributed by atoms with Crippen LogP contribution in [0.1, 0.15) is 72.1 Å². The molecule has 212 valence electrons. The summed E-state index contributed by atoms with van der Waals surface area (Å²) in [5, 5.41) is 3.25. The first-order valence-corrected chi connectivity index (χ1v) is 15.1. The zero-order valence-electron chi connectivity index (χ0n) is 23.7. The third-order valence-electron chi connectivity index (χ3n) is 8.77. The molecule has 37 heavy (non-hydrogen) atoms. The van der Waals surface area contributed by atoms with Crippen molar-refractivity contribution in [2.45, 2.75) is 89.7 Å². The minimum Gasteiger partial charge on any atom is -0.372 e. The Morgan fingerprint density at radius 1 is 1.19 bits per heavy atom. The molecule has 0 radical (unpaired) electrons. The van der Waals surface area contributed by atoms with E-state index in [4.69, 9.17) is 28.1 Å². The molecule has 1 saturated heterocycles. The molecule has 1 amide bonds. The van der Waals surface area contributed by atoms with Crippen LogP contribution in [0.15, 0.2) is 16.4 Å². The van der Waals surface area contributed by atoms with Gasteiger partial charge in [-0.25, -0.2) is 0 Å². The number of hydrogen-bond acceptors (Lipinski definition) is 7. The predicted octanol–water partition coefficient (Wildman–Crippen LogP) is 2.96. The topological polar surface area (TPSA) is 103 Å². The highest BCUT2D eigenvalue weighted by atomic mass is 35.5. The van der Waals surface area contributed by atoms with Crippen LogP contribution in [0.4, 0.5) is 0 Å². The average molecular weight is 538 g/mol. The van der Waals surface area contributed by atoms with Crippen LogP contribution in [-0.4, -0.2) is 97.3 Å². The van der Waals surface area contributed by atoms with Crippen LogP contribution < -0.4 is 16.8 Å². The summed E-state index contributed by atoms with van der Waals surface area (Å²) in [5.41, 5.74) is 14.9. The molecule has 9 heteroatoms. The first-order chi connectivity index (χ1) is 17.7. The number of aliphatic imine (C=N–C) groups is 1. The standard InChI is InChI=1S/C28H52ClN7O/c1-5-11-28(7-3)12-9-21(29)19-32-25(28)24(26(30)31)27(37)33-22-20-35(13-6-2)16-10-23(22)36-15-8-14-34(4)17-18-36/h19,21,24-26H,5-18,20,30-31H2,1-4H3,(H,33,37). The lowest BCUT2D eigenvalue weighted by Gasteiger charge is -2.42. The van der Waals surface area contributed by atoms with Gasteiger partial charge in [0.1, 0.15) is 0 Å². The quantitative estimate of drug-likeness (QED) is 0.292. The summed E-state index contributed by atoms with van der Waals surface area (Å²) in [6, 6.07) is -0.285. The molecule has 0 aliphatic carbocycles. The Hall–Kier alpha value is -1.19. The Bertz CT molecular complexity index is 803. The van der Waals surface area contributed by atoms with E-state index in [-0.39, 0.29) is 22.7 Å². The molecule has 3 heterocycles. The number of carbonyl (C=O) groups excluding carboxylic acids is 1. The summed E-state index contributed by atoms with van der Waals surface area (Å²) < 4.78 is 0. The molecule has 0 saturated carbocycles. The van der Waals surface area contributed by atoms with E-state index in [0.717, 1.165) is 103 Å². The molecule has 3 aliphatic rings. The number of nitrogens with one attached hydrogen (secondary N) is 1. The largest absolute Gasteiger partial charge is 0.372 e. The molecule has 0 spiro atoms. The SMILES string of the molecule is CCCN1CCC(N2CCCN(C)CC2)=C(NC(=O)C(C(N)N)C2N=CC(Cl)CCC2(CC)CCC)C1. The minimum atomic E-state index is -0.803. The molecule has 1 fully saturated rings. The van der Waals surface area contributed by atoms with Crippen LogP contribution in [0.2, 0.25) is 0 Å². The molecule has 8 nitrogen and oxygen atoms in total. The number of nitrogens with zero attached hydrogens (tertiary/aromatic N) is 4. The number of halogens is 1. The summed E-state index contributed by atoms with van der Waals surface area (Å²) in [5.74, 6) is -0.716. The van der Waals surface area contributed by atoms with Gasteiger partial charge in [0.25, 0.3) is 0 Å². The molecule has 4 unspecified atom stereocenters. The van der Waals surface area contributed by atoms with Crippen molar-refractivity contribution >= 4 is 23.7 Å². The fourth-order valence-electron chi connectivity index (χ4n) is 6.65. The van der Waals surface area contributed by atoms with Gasteiger partial charge in [-0.05, 0) is 64.1 Å². The van der Waals surface area contributed by atoms with Gasteiger partial charge < -0.3 is 26.6 Å².